The number of ether oxygens (including phenoxy) is 1. The van der Waals surface area contributed by atoms with Crippen molar-refractivity contribution in [1.29, 1.82) is 0 Å². The van der Waals surface area contributed by atoms with Crippen molar-refractivity contribution < 1.29 is 22.7 Å². The molecule has 1 aliphatic heterocycles. The molecule has 0 aliphatic carbocycles. The van der Waals surface area contributed by atoms with Gasteiger partial charge in [-0.15, -0.1) is 0 Å². The van der Waals surface area contributed by atoms with Crippen LogP contribution in [0.25, 0.3) is 27.8 Å². The Kier molecular flexibility index (Phi) is 5.84. The third kappa shape index (κ3) is 4.48. The van der Waals surface area contributed by atoms with E-state index in [9.17, 15) is 22.8 Å². The lowest BCUT2D eigenvalue weighted by atomic mass is 10.1. The van der Waals surface area contributed by atoms with E-state index in [0.29, 0.717) is 34.3 Å². The summed E-state index contributed by atoms with van der Waals surface area (Å²) in [4.78, 5) is 31.3. The van der Waals surface area contributed by atoms with Crippen molar-refractivity contribution in [2.24, 2.45) is 0 Å². The van der Waals surface area contributed by atoms with Crippen molar-refractivity contribution in [3.63, 3.8) is 0 Å². The predicted molar refractivity (Wildman–Crippen MR) is 132 cm³/mol. The summed E-state index contributed by atoms with van der Waals surface area (Å²) in [5.41, 5.74) is 3.53. The van der Waals surface area contributed by atoms with Crippen molar-refractivity contribution >= 4 is 16.9 Å². The first-order valence-electron chi connectivity index (χ1n) is 11.8. The van der Waals surface area contributed by atoms with Crippen LogP contribution in [0.1, 0.15) is 17.5 Å². The fraction of sp³-hybridized carbons (Fsp3) is 0.148. The van der Waals surface area contributed by atoms with Crippen LogP contribution in [0.2, 0.25) is 0 Å². The number of halogens is 3. The van der Waals surface area contributed by atoms with Crippen LogP contribution in [-0.4, -0.2) is 43.7 Å². The lowest BCUT2D eigenvalue weighted by Gasteiger charge is -2.23. The van der Waals surface area contributed by atoms with E-state index in [1.165, 1.54) is 21.7 Å². The first-order valence-corrected chi connectivity index (χ1v) is 11.8. The Bertz CT molecular complexity index is 1700. The molecule has 0 unspecified atom stereocenters. The van der Waals surface area contributed by atoms with Gasteiger partial charge in [-0.2, -0.15) is 5.10 Å². The molecule has 3 aromatic carbocycles. The van der Waals surface area contributed by atoms with Gasteiger partial charge in [-0.3, -0.25) is 4.79 Å². The number of benzene rings is 3. The Hall–Kier alpha value is -4.64. The van der Waals surface area contributed by atoms with Crippen molar-refractivity contribution in [3.8, 4) is 16.8 Å². The van der Waals surface area contributed by atoms with Gasteiger partial charge >= 0.3 is 5.69 Å². The van der Waals surface area contributed by atoms with Gasteiger partial charge in [-0.25, -0.2) is 22.6 Å². The minimum Gasteiger partial charge on any atom is -0.342 e. The molecule has 1 aliphatic rings. The topological polar surface area (TPSA) is 96.0 Å². The number of amides is 1. The predicted octanol–water partition coefficient (Wildman–Crippen LogP) is 4.23. The van der Waals surface area contributed by atoms with E-state index < -0.39 is 23.7 Å². The average Bonchev–Trinajstić information content (AvgIpc) is 3.58. The molecule has 8 nitrogen and oxygen atoms in total. The summed E-state index contributed by atoms with van der Waals surface area (Å²) >= 11 is 0. The fourth-order valence-corrected chi connectivity index (χ4v) is 4.63. The molecule has 6 rings (SSSR count). The molecule has 1 amide bonds. The Morgan fingerprint density at radius 2 is 1.63 bits per heavy atom. The largest absolute Gasteiger partial charge is 0.342 e. The second-order valence-electron chi connectivity index (χ2n) is 8.97. The van der Waals surface area contributed by atoms with Gasteiger partial charge in [0.15, 0.2) is 6.23 Å². The maximum atomic E-state index is 13.9. The molecule has 2 aromatic heterocycles. The van der Waals surface area contributed by atoms with E-state index in [1.54, 1.807) is 24.4 Å². The maximum absolute atomic E-state index is 13.9. The third-order valence-electron chi connectivity index (χ3n) is 6.43. The Balaban J connectivity index is 1.36. The molecule has 0 bridgehead atoms. The van der Waals surface area contributed by atoms with Gasteiger partial charge in [-0.05, 0) is 53.9 Å². The summed E-state index contributed by atoms with van der Waals surface area (Å²) in [6.45, 7) is 0.118. The summed E-state index contributed by atoms with van der Waals surface area (Å²) < 4.78 is 48.7. The van der Waals surface area contributed by atoms with Crippen LogP contribution in [0, 0.1) is 17.5 Å². The van der Waals surface area contributed by atoms with Gasteiger partial charge in [0.05, 0.1) is 16.7 Å². The van der Waals surface area contributed by atoms with Crippen LogP contribution < -0.4 is 5.69 Å². The van der Waals surface area contributed by atoms with E-state index in [1.807, 2.05) is 12.1 Å². The van der Waals surface area contributed by atoms with Crippen molar-refractivity contribution in [2.45, 2.75) is 12.6 Å². The maximum Gasteiger partial charge on any atom is 0.323 e. The summed E-state index contributed by atoms with van der Waals surface area (Å²) in [6, 6.07) is 14.2. The van der Waals surface area contributed by atoms with E-state index in [0.717, 1.165) is 23.8 Å². The summed E-state index contributed by atoms with van der Waals surface area (Å²) in [5.74, 6) is -2.21. The highest BCUT2D eigenvalue weighted by Gasteiger charge is 2.36. The number of imidazole rings is 1. The Morgan fingerprint density at radius 1 is 0.895 bits per heavy atom. The quantitative estimate of drug-likeness (QED) is 0.351. The molecular weight excluding hydrogens is 499 g/mol. The zero-order valence-corrected chi connectivity index (χ0v) is 19.7. The minimum absolute atomic E-state index is 0.141. The van der Waals surface area contributed by atoms with Gasteiger partial charge < -0.3 is 19.6 Å². The average molecular weight is 519 g/mol. The van der Waals surface area contributed by atoms with Gasteiger partial charge in [0.25, 0.3) is 5.91 Å². The standard InChI is InChI=1S/C27H20F3N5O3/c28-17-4-2-16(3-5-17)21-13-35(20-11-18(29)10-19(30)12-20)33-25(21)26-34(24(36)14-38-26)8-7-15-1-6-22-23(9-15)32-27(37)31-22/h1-6,9-13,26H,7-8,14H2,(H2,31,32,37)/t26-/m1/s1. The van der Waals surface area contributed by atoms with Gasteiger partial charge in [0.2, 0.25) is 0 Å². The molecule has 1 saturated heterocycles. The van der Waals surface area contributed by atoms with Crippen molar-refractivity contribution in [2.75, 3.05) is 13.2 Å². The Morgan fingerprint density at radius 3 is 2.39 bits per heavy atom. The zero-order valence-electron chi connectivity index (χ0n) is 19.7. The molecule has 192 valence electrons. The summed E-state index contributed by atoms with van der Waals surface area (Å²) in [5, 5.41) is 4.55. The highest BCUT2D eigenvalue weighted by atomic mass is 19.1. The van der Waals surface area contributed by atoms with Crippen LogP contribution in [0.5, 0.6) is 0 Å². The number of carbonyl (C=O) groups excluding carboxylic acids is 1. The molecule has 3 heterocycles. The molecule has 1 fully saturated rings. The second-order valence-corrected chi connectivity index (χ2v) is 8.97. The molecule has 1 atom stereocenters. The highest BCUT2D eigenvalue weighted by molar-refractivity contribution is 5.80. The minimum atomic E-state index is -0.877. The summed E-state index contributed by atoms with van der Waals surface area (Å²) in [6.07, 6.45) is 1.16. The molecule has 5 aromatic rings. The molecular formula is C27H20F3N5O3. The zero-order chi connectivity index (χ0) is 26.4. The van der Waals surface area contributed by atoms with Crippen LogP contribution in [0.3, 0.4) is 0 Å². The van der Waals surface area contributed by atoms with E-state index in [-0.39, 0.29) is 30.4 Å². The molecule has 0 radical (unpaired) electrons. The molecule has 38 heavy (non-hydrogen) atoms. The van der Waals surface area contributed by atoms with E-state index in [2.05, 4.69) is 15.1 Å². The third-order valence-corrected chi connectivity index (χ3v) is 6.43. The number of H-pyrrole nitrogens is 2. The van der Waals surface area contributed by atoms with E-state index in [4.69, 9.17) is 4.74 Å². The fourth-order valence-electron chi connectivity index (χ4n) is 4.63. The van der Waals surface area contributed by atoms with Crippen LogP contribution >= 0.6 is 0 Å². The number of hydrogen-bond donors (Lipinski definition) is 2. The van der Waals surface area contributed by atoms with Crippen LogP contribution in [0.4, 0.5) is 13.2 Å². The number of fused-ring (bicyclic) bond motifs is 1. The van der Waals surface area contributed by atoms with Crippen molar-refractivity contribution in [1.82, 2.24) is 24.6 Å². The van der Waals surface area contributed by atoms with Crippen LogP contribution in [-0.2, 0) is 16.0 Å². The number of carbonyl (C=O) groups is 1. The molecule has 0 spiro atoms. The second kappa shape index (κ2) is 9.34. The first kappa shape index (κ1) is 23.7. The van der Waals surface area contributed by atoms with Crippen molar-refractivity contribution in [3.05, 3.63) is 106 Å². The number of rotatable bonds is 6. The highest BCUT2D eigenvalue weighted by Crippen LogP contribution is 2.35. The van der Waals surface area contributed by atoms with Gasteiger partial charge in [-0.1, -0.05) is 18.2 Å². The van der Waals surface area contributed by atoms with Gasteiger partial charge in [0, 0.05) is 24.4 Å². The van der Waals surface area contributed by atoms with E-state index >= 15 is 0 Å². The molecule has 0 saturated carbocycles. The SMILES string of the molecule is O=C1CO[C@H](c2nn(-c3cc(F)cc(F)c3)cc2-c2ccc(F)cc2)N1CCc1ccc2[nH]c(=O)[nH]c2c1. The summed E-state index contributed by atoms with van der Waals surface area (Å²) in [7, 11) is 0. The lowest BCUT2D eigenvalue weighted by Crippen LogP contribution is -2.31. The number of aromatic amines is 2. The normalized spacial score (nSPS) is 15.6. The Labute approximate surface area is 213 Å². The first-order chi connectivity index (χ1) is 18.3. The van der Waals surface area contributed by atoms with Gasteiger partial charge in [0.1, 0.15) is 29.8 Å². The number of nitrogens with zero attached hydrogens (tertiary/aromatic N) is 3. The number of hydrogen-bond acceptors (Lipinski definition) is 4. The molecule has 2 N–H and O–H groups in total. The number of nitrogens with one attached hydrogen (secondary N) is 2. The molecule has 11 heteroatoms. The smallest absolute Gasteiger partial charge is 0.323 e. The monoisotopic (exact) mass is 519 g/mol. The lowest BCUT2D eigenvalue weighted by molar-refractivity contribution is -0.128. The number of aromatic nitrogens is 4. The van der Waals surface area contributed by atoms with Crippen LogP contribution in [0.15, 0.2) is 71.7 Å².